The Kier molecular flexibility index (Phi) is 17.5. The number of aryl methyl sites for hydroxylation is 2. The second-order valence-corrected chi connectivity index (χ2v) is 25.6. The monoisotopic (exact) mass is 1200 g/mol. The zero-order valence-electron chi connectivity index (χ0n) is 51.2. The van der Waals surface area contributed by atoms with E-state index < -0.39 is 17.8 Å². The minimum Gasteiger partial charge on any atom is -0.508 e. The molecule has 460 valence electrons. The Morgan fingerprint density at radius 1 is 0.885 bits per heavy atom. The van der Waals surface area contributed by atoms with Crippen LogP contribution in [0.5, 0.6) is 11.8 Å². The third-order valence-electron chi connectivity index (χ3n) is 19.1. The molecule has 87 heavy (non-hydrogen) atoms. The van der Waals surface area contributed by atoms with E-state index in [1.54, 1.807) is 39.3 Å². The molecule has 7 atom stereocenters. The summed E-state index contributed by atoms with van der Waals surface area (Å²) in [5, 5.41) is 24.6. The number of anilines is 2. The molecule has 0 radical (unpaired) electrons. The lowest BCUT2D eigenvalue weighted by Crippen LogP contribution is -2.51. The first-order valence-corrected chi connectivity index (χ1v) is 32.5. The number of hydrogen-bond acceptors (Lipinski definition) is 16. The molecular formula is C67H82FN11O7S. The molecular weight excluding hydrogens is 1120 g/mol. The van der Waals surface area contributed by atoms with Crippen LogP contribution < -0.4 is 25.2 Å². The fourth-order valence-corrected chi connectivity index (χ4v) is 15.5. The van der Waals surface area contributed by atoms with Gasteiger partial charge >= 0.3 is 12.1 Å². The summed E-state index contributed by atoms with van der Waals surface area (Å²) >= 11 is 1.61. The smallest absolute Gasteiger partial charge is 0.409 e. The SMILES string of the molecule is CC.CCc1cccc2cc(O)cc(-c3ccc4c(N5CC6CCC(C5)N6)nc(OC[C@]56CCCN5[C@H](COC(=O)N5CCN(c7cc(C(C(=O)N8CCC[C@H]8C(=O)N[C@@H](C)c8ccc(-c9scnc9C)cc8)C(C)C)on7)CC5)CC6)nc4c3F)c12. The number of ether oxygens (including phenoxy) is 2. The molecule has 0 spiro atoms. The average Bonchev–Trinajstić information content (AvgIpc) is 1.95. The van der Waals surface area contributed by atoms with Crippen LogP contribution in [0.2, 0.25) is 0 Å². The van der Waals surface area contributed by atoms with Crippen LogP contribution in [0.1, 0.15) is 127 Å². The first-order valence-electron chi connectivity index (χ1n) is 31.6. The number of rotatable bonds is 16. The highest BCUT2D eigenvalue weighted by Crippen LogP contribution is 2.45. The number of phenolic OH excluding ortho intramolecular Hbond substituents is 1. The number of thiazole rings is 1. The van der Waals surface area contributed by atoms with Crippen molar-refractivity contribution >= 4 is 62.6 Å². The highest BCUT2D eigenvalue weighted by molar-refractivity contribution is 7.13. The number of carbonyl (C=O) groups is 3. The highest BCUT2D eigenvalue weighted by Gasteiger charge is 2.50. The Balaban J connectivity index is 0.00000366. The van der Waals surface area contributed by atoms with E-state index in [1.165, 1.54) is 0 Å². The van der Waals surface area contributed by atoms with Crippen molar-refractivity contribution in [3.05, 3.63) is 107 Å². The van der Waals surface area contributed by atoms with Crippen LogP contribution in [-0.2, 0) is 20.7 Å². The van der Waals surface area contributed by atoms with Crippen LogP contribution in [0.25, 0.3) is 43.2 Å². The summed E-state index contributed by atoms with van der Waals surface area (Å²) < 4.78 is 36.2. The molecule has 6 aliphatic rings. The molecule has 3 aromatic heterocycles. The van der Waals surface area contributed by atoms with Gasteiger partial charge in [0.2, 0.25) is 11.8 Å². The van der Waals surface area contributed by atoms with Gasteiger partial charge in [0.25, 0.3) is 0 Å². The maximum atomic E-state index is 17.4. The van der Waals surface area contributed by atoms with E-state index in [-0.39, 0.29) is 65.3 Å². The van der Waals surface area contributed by atoms with E-state index in [1.807, 2.05) is 89.5 Å². The number of aromatic hydroxyl groups is 1. The number of hydrogen-bond donors (Lipinski definition) is 3. The molecule has 6 aliphatic heterocycles. The maximum absolute atomic E-state index is 17.4. The second-order valence-electron chi connectivity index (χ2n) is 24.7. The van der Waals surface area contributed by atoms with Crippen molar-refractivity contribution in [1.29, 1.82) is 0 Å². The Morgan fingerprint density at radius 2 is 1.67 bits per heavy atom. The maximum Gasteiger partial charge on any atom is 0.409 e. The van der Waals surface area contributed by atoms with Gasteiger partial charge in [0.1, 0.15) is 42.3 Å². The number of nitrogens with one attached hydrogen (secondary N) is 2. The third-order valence-corrected chi connectivity index (χ3v) is 20.1. The number of likely N-dealkylation sites (tertiary alicyclic amines) is 1. The molecule has 0 saturated carbocycles. The predicted molar refractivity (Wildman–Crippen MR) is 337 cm³/mol. The fraction of sp³-hybridized carbons (Fsp3) is 0.507. The van der Waals surface area contributed by atoms with Gasteiger partial charge in [-0.05, 0) is 135 Å². The topological polar surface area (TPSA) is 195 Å². The molecule has 3 N–H and O–H groups in total. The van der Waals surface area contributed by atoms with Gasteiger partial charge in [-0.2, -0.15) is 9.97 Å². The van der Waals surface area contributed by atoms with E-state index in [9.17, 15) is 19.5 Å². The van der Waals surface area contributed by atoms with Crippen LogP contribution in [0.4, 0.5) is 20.8 Å². The van der Waals surface area contributed by atoms with Crippen molar-refractivity contribution in [3.63, 3.8) is 0 Å². The summed E-state index contributed by atoms with van der Waals surface area (Å²) in [5.41, 5.74) is 6.82. The standard InChI is InChI=1S/C65H76FN11O7S.C2H6/c1-6-41-10-7-11-44-30-48(78)31-51(56(41)44)49-19-20-50-58(57(49)66)70-63(71-60(50)75-33-45-17-18-46(34-75)69-45)83-36-65-22-9-25-77(65)47(21-23-65)35-82-64(81)74-28-26-73(27-29-74)54-32-53(84-72-54)55(38(2)3)62(80)76-24-8-12-52(76)61(79)68-39(4)42-13-15-43(16-14-42)59-40(5)67-37-85-59;1-2/h7,10-11,13-16,19-20,30-32,37-39,45-47,52,55,69,78H,6,8-9,12,17-18,21-29,33-36H2,1-5H3,(H,68,79);1-2H3/t39-,45?,46?,47-,52-,55?,65+;/m0./s1. The van der Waals surface area contributed by atoms with Gasteiger partial charge in [0, 0.05) is 81.0 Å². The Morgan fingerprint density at radius 3 is 2.40 bits per heavy atom. The van der Waals surface area contributed by atoms with Crippen LogP contribution in [-0.4, -0.2) is 153 Å². The van der Waals surface area contributed by atoms with Crippen LogP contribution >= 0.6 is 11.3 Å². The minimum absolute atomic E-state index is 0.00688. The molecule has 3 unspecified atom stereocenters. The third kappa shape index (κ3) is 11.8. The lowest BCUT2D eigenvalue weighted by atomic mass is 9.91. The summed E-state index contributed by atoms with van der Waals surface area (Å²) in [6, 6.07) is 23.0. The Hall–Kier alpha value is -7.42. The largest absolute Gasteiger partial charge is 0.508 e. The summed E-state index contributed by atoms with van der Waals surface area (Å²) in [7, 11) is 0. The van der Waals surface area contributed by atoms with Gasteiger partial charge < -0.3 is 49.3 Å². The lowest BCUT2D eigenvalue weighted by molar-refractivity contribution is -0.141. The zero-order chi connectivity index (χ0) is 60.7. The number of carbonyl (C=O) groups excluding carboxylic acids is 3. The van der Waals surface area contributed by atoms with E-state index in [0.717, 1.165) is 109 Å². The Labute approximate surface area is 512 Å². The van der Waals surface area contributed by atoms with Gasteiger partial charge in [-0.3, -0.25) is 14.5 Å². The second kappa shape index (κ2) is 25.4. The fourth-order valence-electron chi connectivity index (χ4n) is 14.7. The normalized spacial score (nSPS) is 22.6. The van der Waals surface area contributed by atoms with E-state index in [0.29, 0.717) is 91.7 Å². The summed E-state index contributed by atoms with van der Waals surface area (Å²) in [6.07, 6.45) is 7.40. The van der Waals surface area contributed by atoms with Gasteiger partial charge in [-0.25, -0.2) is 14.2 Å². The molecule has 9 heterocycles. The van der Waals surface area contributed by atoms with Gasteiger partial charge in [0.15, 0.2) is 17.4 Å². The number of halogens is 1. The van der Waals surface area contributed by atoms with Crippen molar-refractivity contribution in [3.8, 4) is 33.3 Å². The Bertz CT molecular complexity index is 3630. The summed E-state index contributed by atoms with van der Waals surface area (Å²) in [5.74, 6) is 0.231. The van der Waals surface area contributed by atoms with E-state index >= 15 is 4.39 Å². The van der Waals surface area contributed by atoms with Crippen LogP contribution in [0.15, 0.2) is 82.8 Å². The molecule has 2 bridgehead atoms. The predicted octanol–water partition coefficient (Wildman–Crippen LogP) is 11.2. The summed E-state index contributed by atoms with van der Waals surface area (Å²) in [6.45, 7) is 19.2. The van der Waals surface area contributed by atoms with Gasteiger partial charge in [-0.1, -0.05) is 88.3 Å². The van der Waals surface area contributed by atoms with Crippen molar-refractivity contribution in [2.75, 3.05) is 75.4 Å². The lowest BCUT2D eigenvalue weighted by Gasteiger charge is -2.36. The van der Waals surface area contributed by atoms with E-state index in [2.05, 4.69) is 54.5 Å². The van der Waals surface area contributed by atoms with Crippen LogP contribution in [0.3, 0.4) is 0 Å². The first-order chi connectivity index (χ1) is 42.2. The molecule has 20 heteroatoms. The van der Waals surface area contributed by atoms with Crippen molar-refractivity contribution < 1.29 is 37.9 Å². The molecule has 13 rings (SSSR count). The number of amides is 3. The average molecular weight is 1200 g/mol. The molecule has 3 amide bonds. The van der Waals surface area contributed by atoms with Gasteiger partial charge in [-0.15, -0.1) is 11.3 Å². The summed E-state index contributed by atoms with van der Waals surface area (Å²) in [4.78, 5) is 67.7. The molecule has 7 aromatic rings. The molecule has 0 aliphatic carbocycles. The molecule has 18 nitrogen and oxygen atoms in total. The number of benzene rings is 4. The van der Waals surface area contributed by atoms with Crippen LogP contribution in [0, 0.1) is 18.7 Å². The number of fused-ring (bicyclic) bond motifs is 5. The number of phenols is 1. The van der Waals surface area contributed by atoms with Gasteiger partial charge in [0.05, 0.1) is 27.7 Å². The van der Waals surface area contributed by atoms with Crippen molar-refractivity contribution in [2.45, 2.75) is 148 Å². The van der Waals surface area contributed by atoms with Crippen molar-refractivity contribution in [1.82, 2.24) is 45.4 Å². The number of aromatic nitrogens is 4. The number of nitrogens with zero attached hydrogens (tertiary/aromatic N) is 9. The molecule has 6 fully saturated rings. The molecule has 6 saturated heterocycles. The zero-order valence-corrected chi connectivity index (χ0v) is 52.0. The number of piperazine rings is 2. The first kappa shape index (κ1) is 59.9. The highest BCUT2D eigenvalue weighted by atomic mass is 32.1. The molecule has 4 aromatic carbocycles. The minimum atomic E-state index is -0.633. The van der Waals surface area contributed by atoms with E-state index in [4.69, 9.17) is 24.0 Å². The quantitative estimate of drug-likeness (QED) is 0.0826. The van der Waals surface area contributed by atoms with Crippen molar-refractivity contribution in [2.24, 2.45) is 5.92 Å².